The second-order valence-electron chi connectivity index (χ2n) is 6.49. The molecule has 1 amide bonds. The molecule has 5 nitrogen and oxygen atoms in total. The number of esters is 1. The normalized spacial score (nSPS) is 10.9. The fraction of sp³-hybridized carbons (Fsp3) is 0.120. The standard InChI is InChI=1S/C25H23NO4/c1-29-23-15-9-8-14-21(23)16-22(20-12-6-3-7-13-20)25(28)26-17-24(27)30-18-19-10-4-2-5-11-19/h2-16H,17-18H2,1H3,(H,26,28)/b22-16+. The predicted molar refractivity (Wildman–Crippen MR) is 117 cm³/mol. The van der Waals surface area contributed by atoms with E-state index in [0.717, 1.165) is 16.7 Å². The van der Waals surface area contributed by atoms with E-state index >= 15 is 0 Å². The van der Waals surface area contributed by atoms with E-state index in [9.17, 15) is 9.59 Å². The molecule has 0 heterocycles. The van der Waals surface area contributed by atoms with Crippen molar-refractivity contribution in [3.05, 3.63) is 102 Å². The second kappa shape index (κ2) is 10.6. The van der Waals surface area contributed by atoms with Crippen molar-refractivity contribution in [3.63, 3.8) is 0 Å². The molecular formula is C25H23NO4. The Kier molecular flexibility index (Phi) is 7.39. The lowest BCUT2D eigenvalue weighted by atomic mass is 10.0. The van der Waals surface area contributed by atoms with Crippen LogP contribution in [0.5, 0.6) is 5.75 Å². The maximum Gasteiger partial charge on any atom is 0.325 e. The van der Waals surface area contributed by atoms with E-state index in [4.69, 9.17) is 9.47 Å². The summed E-state index contributed by atoms with van der Waals surface area (Å²) >= 11 is 0. The van der Waals surface area contributed by atoms with Crippen molar-refractivity contribution in [3.8, 4) is 5.75 Å². The summed E-state index contributed by atoms with van der Waals surface area (Å²) in [6, 6.07) is 26.1. The third-order valence-electron chi connectivity index (χ3n) is 4.40. The Morgan fingerprint density at radius 3 is 2.20 bits per heavy atom. The third kappa shape index (κ3) is 5.82. The fourth-order valence-corrected chi connectivity index (χ4v) is 2.88. The minimum Gasteiger partial charge on any atom is -0.496 e. The zero-order chi connectivity index (χ0) is 21.2. The van der Waals surface area contributed by atoms with Crippen LogP contribution in [0.1, 0.15) is 16.7 Å². The van der Waals surface area contributed by atoms with E-state index in [1.54, 1.807) is 13.2 Å². The zero-order valence-corrected chi connectivity index (χ0v) is 16.7. The summed E-state index contributed by atoms with van der Waals surface area (Å²) in [4.78, 5) is 25.0. The van der Waals surface area contributed by atoms with Gasteiger partial charge in [0.1, 0.15) is 18.9 Å². The monoisotopic (exact) mass is 401 g/mol. The van der Waals surface area contributed by atoms with Crippen molar-refractivity contribution in [1.82, 2.24) is 5.32 Å². The molecule has 3 aromatic rings. The number of amides is 1. The van der Waals surface area contributed by atoms with Gasteiger partial charge in [0, 0.05) is 11.1 Å². The van der Waals surface area contributed by atoms with Gasteiger partial charge in [-0.1, -0.05) is 78.9 Å². The predicted octanol–water partition coefficient (Wildman–Crippen LogP) is 4.10. The molecule has 0 aromatic heterocycles. The van der Waals surface area contributed by atoms with Crippen LogP contribution in [-0.2, 0) is 20.9 Å². The average Bonchev–Trinajstić information content (AvgIpc) is 2.81. The van der Waals surface area contributed by atoms with Gasteiger partial charge in [0.15, 0.2) is 0 Å². The molecule has 1 N–H and O–H groups in total. The second-order valence-corrected chi connectivity index (χ2v) is 6.49. The van der Waals surface area contributed by atoms with Gasteiger partial charge in [0.25, 0.3) is 5.91 Å². The molecule has 0 spiro atoms. The molecule has 152 valence electrons. The van der Waals surface area contributed by atoms with Crippen LogP contribution < -0.4 is 10.1 Å². The maximum absolute atomic E-state index is 12.9. The Bertz CT molecular complexity index is 1010. The Hall–Kier alpha value is -3.86. The highest BCUT2D eigenvalue weighted by atomic mass is 16.5. The van der Waals surface area contributed by atoms with Crippen LogP contribution in [-0.4, -0.2) is 25.5 Å². The molecule has 0 aliphatic carbocycles. The molecular weight excluding hydrogens is 378 g/mol. The summed E-state index contributed by atoms with van der Waals surface area (Å²) in [5.74, 6) is -0.221. The van der Waals surface area contributed by atoms with Gasteiger partial charge in [-0.2, -0.15) is 0 Å². The third-order valence-corrected chi connectivity index (χ3v) is 4.40. The lowest BCUT2D eigenvalue weighted by Gasteiger charge is -2.11. The van der Waals surface area contributed by atoms with Gasteiger partial charge in [-0.25, -0.2) is 0 Å². The SMILES string of the molecule is COc1ccccc1/C=C(/C(=O)NCC(=O)OCc1ccccc1)c1ccccc1. The maximum atomic E-state index is 12.9. The van der Waals surface area contributed by atoms with Crippen LogP contribution in [0.2, 0.25) is 0 Å². The molecule has 0 aliphatic rings. The fourth-order valence-electron chi connectivity index (χ4n) is 2.88. The number of carbonyl (C=O) groups is 2. The first kappa shape index (κ1) is 20.9. The summed E-state index contributed by atoms with van der Waals surface area (Å²) in [7, 11) is 1.58. The Balaban J connectivity index is 1.71. The number of nitrogens with one attached hydrogen (secondary N) is 1. The Morgan fingerprint density at radius 2 is 1.50 bits per heavy atom. The van der Waals surface area contributed by atoms with Gasteiger partial charge in [0.05, 0.1) is 7.11 Å². The molecule has 0 saturated heterocycles. The summed E-state index contributed by atoms with van der Waals surface area (Å²) in [6.07, 6.45) is 1.75. The van der Waals surface area contributed by atoms with Gasteiger partial charge in [-0.15, -0.1) is 0 Å². The summed E-state index contributed by atoms with van der Waals surface area (Å²) in [5, 5.41) is 2.65. The van der Waals surface area contributed by atoms with Crippen LogP contribution in [0, 0.1) is 0 Å². The minimum absolute atomic E-state index is 0.165. The number of methoxy groups -OCH3 is 1. The lowest BCUT2D eigenvalue weighted by molar-refractivity contribution is -0.144. The number of ether oxygens (including phenoxy) is 2. The van der Waals surface area contributed by atoms with Crippen molar-refractivity contribution >= 4 is 23.5 Å². The first-order chi connectivity index (χ1) is 14.7. The number of rotatable bonds is 8. The van der Waals surface area contributed by atoms with Gasteiger partial charge in [-0.05, 0) is 23.3 Å². The topological polar surface area (TPSA) is 64.6 Å². The summed E-state index contributed by atoms with van der Waals surface area (Å²) < 4.78 is 10.6. The van der Waals surface area contributed by atoms with Gasteiger partial charge >= 0.3 is 5.97 Å². The molecule has 0 atom stereocenters. The molecule has 3 aromatic carbocycles. The molecule has 0 bridgehead atoms. The van der Waals surface area contributed by atoms with Gasteiger partial charge in [0.2, 0.25) is 0 Å². The number of carbonyl (C=O) groups excluding carboxylic acids is 2. The first-order valence-corrected chi connectivity index (χ1v) is 9.55. The van der Waals surface area contributed by atoms with Crippen molar-refractivity contribution < 1.29 is 19.1 Å². The summed E-state index contributed by atoms with van der Waals surface area (Å²) in [6.45, 7) is -0.0557. The van der Waals surface area contributed by atoms with E-state index in [1.165, 1.54) is 0 Å². The highest BCUT2D eigenvalue weighted by Crippen LogP contribution is 2.24. The molecule has 3 rings (SSSR count). The van der Waals surface area contributed by atoms with Gasteiger partial charge < -0.3 is 14.8 Å². The van der Waals surface area contributed by atoms with Crippen LogP contribution in [0.3, 0.4) is 0 Å². The molecule has 0 aliphatic heterocycles. The Labute approximate surface area is 176 Å². The largest absolute Gasteiger partial charge is 0.496 e. The highest BCUT2D eigenvalue weighted by molar-refractivity contribution is 6.24. The number of benzene rings is 3. The van der Waals surface area contributed by atoms with Crippen molar-refractivity contribution in [2.75, 3.05) is 13.7 Å². The molecule has 30 heavy (non-hydrogen) atoms. The first-order valence-electron chi connectivity index (χ1n) is 9.55. The summed E-state index contributed by atoms with van der Waals surface area (Å²) in [5.41, 5.74) is 2.81. The average molecular weight is 401 g/mol. The van der Waals surface area contributed by atoms with Crippen molar-refractivity contribution in [1.29, 1.82) is 0 Å². The van der Waals surface area contributed by atoms with E-state index < -0.39 is 5.97 Å². The molecule has 0 radical (unpaired) electrons. The van der Waals surface area contributed by atoms with E-state index in [0.29, 0.717) is 11.3 Å². The smallest absolute Gasteiger partial charge is 0.325 e. The van der Waals surface area contributed by atoms with Gasteiger partial charge in [-0.3, -0.25) is 9.59 Å². The minimum atomic E-state index is -0.503. The van der Waals surface area contributed by atoms with Crippen LogP contribution in [0.4, 0.5) is 0 Å². The van der Waals surface area contributed by atoms with E-state index in [1.807, 2.05) is 84.9 Å². The van der Waals surface area contributed by atoms with E-state index in [2.05, 4.69) is 5.32 Å². The number of para-hydroxylation sites is 1. The highest BCUT2D eigenvalue weighted by Gasteiger charge is 2.15. The number of hydrogen-bond donors (Lipinski definition) is 1. The Morgan fingerprint density at radius 1 is 0.867 bits per heavy atom. The quantitative estimate of drug-likeness (QED) is 0.351. The van der Waals surface area contributed by atoms with E-state index in [-0.39, 0.29) is 19.1 Å². The van der Waals surface area contributed by atoms with Crippen LogP contribution in [0.25, 0.3) is 11.6 Å². The van der Waals surface area contributed by atoms with Crippen LogP contribution >= 0.6 is 0 Å². The lowest BCUT2D eigenvalue weighted by Crippen LogP contribution is -2.31. The zero-order valence-electron chi connectivity index (χ0n) is 16.7. The van der Waals surface area contributed by atoms with Crippen molar-refractivity contribution in [2.24, 2.45) is 0 Å². The van der Waals surface area contributed by atoms with Crippen molar-refractivity contribution in [2.45, 2.75) is 6.61 Å². The van der Waals surface area contributed by atoms with Crippen LogP contribution in [0.15, 0.2) is 84.9 Å². The molecule has 0 fully saturated rings. The molecule has 0 saturated carbocycles. The molecule has 0 unspecified atom stereocenters. The molecule has 5 heteroatoms. The number of hydrogen-bond acceptors (Lipinski definition) is 4.